The smallest absolute Gasteiger partial charge is 0.325 e. The topological polar surface area (TPSA) is 299 Å². The van der Waals surface area contributed by atoms with E-state index in [1.807, 2.05) is 0 Å². The summed E-state index contributed by atoms with van der Waals surface area (Å²) in [5.41, 5.74) is 17.8. The Morgan fingerprint density at radius 2 is 1.44 bits per heavy atom. The second kappa shape index (κ2) is 20.2. The van der Waals surface area contributed by atoms with Crippen LogP contribution in [0.5, 0.6) is 5.75 Å². The van der Waals surface area contributed by atoms with Gasteiger partial charge in [-0.3, -0.25) is 34.2 Å². The molecule has 5 amide bonds. The zero-order chi connectivity index (χ0) is 38.4. The number of carboxylic acids is 1. The lowest BCUT2D eigenvalue weighted by molar-refractivity contribution is -0.144. The van der Waals surface area contributed by atoms with Gasteiger partial charge in [0.25, 0.3) is 0 Å². The van der Waals surface area contributed by atoms with Gasteiger partial charge in [0.1, 0.15) is 36.0 Å². The van der Waals surface area contributed by atoms with Crippen molar-refractivity contribution in [1.29, 1.82) is 5.41 Å². The van der Waals surface area contributed by atoms with Crippen LogP contribution in [-0.4, -0.2) is 124 Å². The van der Waals surface area contributed by atoms with E-state index < -0.39 is 65.8 Å². The van der Waals surface area contributed by atoms with Crippen LogP contribution in [0.3, 0.4) is 0 Å². The maximum absolute atomic E-state index is 14.1. The molecule has 6 atom stereocenters. The van der Waals surface area contributed by atoms with E-state index >= 15 is 0 Å². The molecule has 2 aliphatic heterocycles. The minimum Gasteiger partial charge on any atom is -0.508 e. The van der Waals surface area contributed by atoms with E-state index in [2.05, 4.69) is 21.3 Å². The number of phenols is 1. The van der Waals surface area contributed by atoms with Crippen LogP contribution in [0.15, 0.2) is 24.3 Å². The van der Waals surface area contributed by atoms with Crippen molar-refractivity contribution < 1.29 is 39.0 Å². The Morgan fingerprint density at radius 3 is 2.00 bits per heavy atom. The molecule has 1 aromatic rings. The Balaban J connectivity index is 1.73. The number of carboxylic acid groups (broad SMARTS) is 1. The fourth-order valence-corrected chi connectivity index (χ4v) is 6.43. The number of phenolic OH excluding ortho intramolecular Hbond substituents is 1. The predicted octanol–water partition coefficient (Wildman–Crippen LogP) is -1.80. The van der Waals surface area contributed by atoms with Crippen molar-refractivity contribution in [2.75, 3.05) is 26.2 Å². The number of guanidine groups is 1. The molecule has 0 saturated carbocycles. The van der Waals surface area contributed by atoms with Crippen LogP contribution in [0.1, 0.15) is 70.3 Å². The minimum absolute atomic E-state index is 0.00699. The number of carbonyl (C=O) groups is 6. The predicted molar refractivity (Wildman–Crippen MR) is 190 cm³/mol. The molecule has 18 heteroatoms. The molecule has 13 N–H and O–H groups in total. The summed E-state index contributed by atoms with van der Waals surface area (Å²) < 4.78 is 0. The molecule has 288 valence electrons. The van der Waals surface area contributed by atoms with Gasteiger partial charge in [-0.25, -0.2) is 0 Å². The summed E-state index contributed by atoms with van der Waals surface area (Å²) >= 11 is 0. The summed E-state index contributed by atoms with van der Waals surface area (Å²) in [4.78, 5) is 82.2. The molecule has 2 heterocycles. The van der Waals surface area contributed by atoms with Crippen molar-refractivity contribution in [1.82, 2.24) is 31.1 Å². The van der Waals surface area contributed by atoms with Crippen molar-refractivity contribution in [3.05, 3.63) is 29.8 Å². The molecule has 2 fully saturated rings. The van der Waals surface area contributed by atoms with Gasteiger partial charge in [-0.15, -0.1) is 0 Å². The number of likely N-dealkylation sites (tertiary alicyclic amines) is 2. The van der Waals surface area contributed by atoms with Gasteiger partial charge in [0.05, 0.1) is 6.04 Å². The first-order valence-corrected chi connectivity index (χ1v) is 17.8. The van der Waals surface area contributed by atoms with Crippen molar-refractivity contribution in [2.24, 2.45) is 17.2 Å². The number of nitrogens with one attached hydrogen (secondary N) is 5. The van der Waals surface area contributed by atoms with Gasteiger partial charge in [-0.05, 0) is 89.0 Å². The molecule has 0 spiro atoms. The van der Waals surface area contributed by atoms with Crippen molar-refractivity contribution in [2.45, 2.75) is 107 Å². The van der Waals surface area contributed by atoms with Crippen LogP contribution < -0.4 is 38.5 Å². The Bertz CT molecular complexity index is 1430. The molecule has 0 radical (unpaired) electrons. The summed E-state index contributed by atoms with van der Waals surface area (Å²) in [5, 5.41) is 36.8. The van der Waals surface area contributed by atoms with Gasteiger partial charge in [-0.2, -0.15) is 0 Å². The maximum atomic E-state index is 14.1. The molecule has 18 nitrogen and oxygen atoms in total. The van der Waals surface area contributed by atoms with E-state index in [0.717, 1.165) is 0 Å². The lowest BCUT2D eigenvalue weighted by Crippen LogP contribution is -2.59. The number of aliphatic carboxylic acids is 1. The number of carbonyl (C=O) groups excluding carboxylic acids is 5. The Labute approximate surface area is 303 Å². The molecule has 2 aliphatic rings. The van der Waals surface area contributed by atoms with E-state index in [4.69, 9.17) is 22.6 Å². The summed E-state index contributed by atoms with van der Waals surface area (Å²) in [6.07, 6.45) is 3.89. The fourth-order valence-electron chi connectivity index (χ4n) is 6.43. The third kappa shape index (κ3) is 12.1. The summed E-state index contributed by atoms with van der Waals surface area (Å²) in [6.45, 7) is 2.60. The molecule has 52 heavy (non-hydrogen) atoms. The van der Waals surface area contributed by atoms with E-state index in [-0.39, 0.29) is 37.0 Å². The second-order valence-electron chi connectivity index (χ2n) is 13.3. The average Bonchev–Trinajstić information content (AvgIpc) is 3.80. The number of hydrogen-bond acceptors (Lipinski definition) is 10. The first-order chi connectivity index (χ1) is 24.7. The molecule has 0 aromatic heterocycles. The van der Waals surface area contributed by atoms with Crippen LogP contribution in [0, 0.1) is 5.41 Å². The molecule has 1 aromatic carbocycles. The lowest BCUT2D eigenvalue weighted by Gasteiger charge is -2.32. The number of nitrogens with zero attached hydrogens (tertiary/aromatic N) is 2. The normalized spacial score (nSPS) is 19.2. The molecular formula is C34H54N10O8. The maximum Gasteiger partial charge on any atom is 0.325 e. The number of rotatable bonds is 19. The molecule has 3 rings (SSSR count). The zero-order valence-corrected chi connectivity index (χ0v) is 29.6. The second-order valence-corrected chi connectivity index (χ2v) is 13.3. The summed E-state index contributed by atoms with van der Waals surface area (Å²) in [7, 11) is 0. The largest absolute Gasteiger partial charge is 0.508 e. The van der Waals surface area contributed by atoms with Gasteiger partial charge < -0.3 is 58.5 Å². The highest BCUT2D eigenvalue weighted by Crippen LogP contribution is 2.23. The number of benzene rings is 1. The zero-order valence-electron chi connectivity index (χ0n) is 29.6. The average molecular weight is 731 g/mol. The third-order valence-electron chi connectivity index (χ3n) is 9.30. The molecule has 2 saturated heterocycles. The van der Waals surface area contributed by atoms with Crippen molar-refractivity contribution >= 4 is 41.5 Å². The minimum atomic E-state index is -1.26. The van der Waals surface area contributed by atoms with Gasteiger partial charge >= 0.3 is 5.97 Å². The van der Waals surface area contributed by atoms with Crippen LogP contribution in [0.4, 0.5) is 0 Å². The van der Waals surface area contributed by atoms with Gasteiger partial charge in [-0.1, -0.05) is 12.1 Å². The van der Waals surface area contributed by atoms with E-state index in [9.17, 15) is 39.0 Å². The SMILES string of the molecule is C[C@H](NC(=O)[C@H](Cc1ccc(O)cc1)NC(=O)[C@@H]1CCCN1C(=O)[C@H](CCCCN)NC(=O)[C@@H]1CCCN1C(=O)[C@@H](N)CCCNC(=N)N)C(=O)O. The molecule has 0 bridgehead atoms. The van der Waals surface area contributed by atoms with Crippen LogP contribution >= 0.6 is 0 Å². The highest BCUT2D eigenvalue weighted by Gasteiger charge is 2.41. The number of aromatic hydroxyl groups is 1. The quantitative estimate of drug-likeness (QED) is 0.0428. The van der Waals surface area contributed by atoms with Gasteiger partial charge in [0.2, 0.25) is 29.5 Å². The summed E-state index contributed by atoms with van der Waals surface area (Å²) in [5.74, 6) is -4.14. The lowest BCUT2D eigenvalue weighted by atomic mass is 10.0. The Morgan fingerprint density at radius 1 is 0.865 bits per heavy atom. The standard InChI is InChI=1S/C34H54N10O8/c1-20(33(51)52)40-28(46)25(19-21-11-13-22(45)14-12-21)42-30(48)27-10-6-18-44(27)32(50)24(8-2-3-15-35)41-29(47)26-9-5-17-43(26)31(49)23(36)7-4-16-39-34(37)38/h11-14,20,23-27,45H,2-10,15-19,35-36H2,1H3,(H,40,46)(H,41,47)(H,42,48)(H,51,52)(H4,37,38,39)/t20-,23-,24-,25-,26-,27-/m0/s1. The van der Waals surface area contributed by atoms with Gasteiger partial charge in [0.15, 0.2) is 5.96 Å². The first-order valence-electron chi connectivity index (χ1n) is 17.8. The van der Waals surface area contributed by atoms with E-state index in [1.54, 1.807) is 12.1 Å². The number of unbranched alkanes of at least 4 members (excludes halogenated alkanes) is 1. The highest BCUT2D eigenvalue weighted by molar-refractivity contribution is 5.97. The number of hydrogen-bond donors (Lipinski definition) is 10. The van der Waals surface area contributed by atoms with Crippen LogP contribution in [-0.2, 0) is 35.2 Å². The Hall–Kier alpha value is -4.97. The van der Waals surface area contributed by atoms with Crippen molar-refractivity contribution in [3.63, 3.8) is 0 Å². The fraction of sp³-hybridized carbons (Fsp3) is 0.618. The molecule has 0 aliphatic carbocycles. The summed E-state index contributed by atoms with van der Waals surface area (Å²) in [6, 6.07) is -0.0963. The van der Waals surface area contributed by atoms with Crippen LogP contribution in [0.25, 0.3) is 0 Å². The number of nitrogens with two attached hydrogens (primary N) is 3. The first kappa shape index (κ1) is 41.5. The molecular weight excluding hydrogens is 676 g/mol. The third-order valence-corrected chi connectivity index (χ3v) is 9.30. The number of amides is 5. The Kier molecular flexibility index (Phi) is 16.1. The monoisotopic (exact) mass is 730 g/mol. The van der Waals surface area contributed by atoms with Gasteiger partial charge in [0, 0.05) is 26.1 Å². The van der Waals surface area contributed by atoms with Crippen molar-refractivity contribution in [3.8, 4) is 5.75 Å². The van der Waals surface area contributed by atoms with E-state index in [0.29, 0.717) is 76.6 Å². The molecule has 0 unspecified atom stereocenters. The highest BCUT2D eigenvalue weighted by atomic mass is 16.4. The van der Waals surface area contributed by atoms with Crippen LogP contribution in [0.2, 0.25) is 0 Å². The van der Waals surface area contributed by atoms with E-state index in [1.165, 1.54) is 28.9 Å².